The zero-order chi connectivity index (χ0) is 14.8. The van der Waals surface area contributed by atoms with Crippen molar-refractivity contribution in [2.75, 3.05) is 0 Å². The molecular formula is C16H19ClN2O. The number of nitrogens with two attached hydrogens (primary N) is 1. The van der Waals surface area contributed by atoms with Gasteiger partial charge < -0.3 is 10.5 Å². The molecule has 4 heteroatoms. The maximum atomic E-state index is 6.15. The second-order valence-electron chi connectivity index (χ2n) is 5.71. The summed E-state index contributed by atoms with van der Waals surface area (Å²) < 4.78 is 5.69. The molecule has 1 aromatic heterocycles. The van der Waals surface area contributed by atoms with Gasteiger partial charge in [0.25, 0.3) is 0 Å². The van der Waals surface area contributed by atoms with Gasteiger partial charge in [0.1, 0.15) is 5.75 Å². The zero-order valence-electron chi connectivity index (χ0n) is 12.0. The second-order valence-corrected chi connectivity index (χ2v) is 6.11. The Bertz CT molecular complexity index is 588. The number of halogens is 1. The highest BCUT2D eigenvalue weighted by Gasteiger charge is 2.14. The van der Waals surface area contributed by atoms with E-state index in [0.29, 0.717) is 23.2 Å². The predicted octanol–water partition coefficient (Wildman–Crippen LogP) is 4.28. The second kappa shape index (κ2) is 5.81. The number of hydrogen-bond acceptors (Lipinski definition) is 3. The van der Waals surface area contributed by atoms with Crippen molar-refractivity contribution in [1.82, 2.24) is 4.98 Å². The highest BCUT2D eigenvalue weighted by atomic mass is 35.5. The first-order chi connectivity index (χ1) is 9.40. The van der Waals surface area contributed by atoms with Crippen LogP contribution in [-0.4, -0.2) is 4.98 Å². The van der Waals surface area contributed by atoms with Gasteiger partial charge in [-0.15, -0.1) is 0 Å². The summed E-state index contributed by atoms with van der Waals surface area (Å²) in [5.74, 6) is 1.11. The van der Waals surface area contributed by atoms with Crippen LogP contribution < -0.4 is 10.5 Å². The summed E-state index contributed by atoms with van der Waals surface area (Å²) >= 11 is 6.15. The lowest BCUT2D eigenvalue weighted by Crippen LogP contribution is -2.11. The topological polar surface area (TPSA) is 48.1 Å². The average Bonchev–Trinajstić information content (AvgIpc) is 2.40. The van der Waals surface area contributed by atoms with Crippen LogP contribution in [0.25, 0.3) is 0 Å². The van der Waals surface area contributed by atoms with Crippen LogP contribution >= 0.6 is 11.6 Å². The smallest absolute Gasteiger partial charge is 0.219 e. The summed E-state index contributed by atoms with van der Waals surface area (Å²) in [6.45, 7) is 6.89. The third kappa shape index (κ3) is 3.50. The third-order valence-electron chi connectivity index (χ3n) is 3.05. The number of rotatable bonds is 3. The van der Waals surface area contributed by atoms with Gasteiger partial charge in [0.05, 0.1) is 5.02 Å². The summed E-state index contributed by atoms with van der Waals surface area (Å²) in [5, 5.41) is 0.537. The van der Waals surface area contributed by atoms with Crippen LogP contribution in [0.2, 0.25) is 5.02 Å². The molecule has 106 valence electrons. The van der Waals surface area contributed by atoms with E-state index in [9.17, 15) is 0 Å². The van der Waals surface area contributed by atoms with Gasteiger partial charge >= 0.3 is 0 Å². The quantitative estimate of drug-likeness (QED) is 0.917. The molecule has 2 rings (SSSR count). The molecule has 0 radical (unpaired) electrons. The number of nitrogens with zero attached hydrogens (tertiary/aromatic N) is 1. The summed E-state index contributed by atoms with van der Waals surface area (Å²) in [6, 6.07) is 9.38. The third-order valence-corrected chi connectivity index (χ3v) is 3.34. The minimum Gasteiger partial charge on any atom is -0.437 e. The maximum absolute atomic E-state index is 6.15. The molecule has 0 bridgehead atoms. The van der Waals surface area contributed by atoms with E-state index in [-0.39, 0.29) is 5.41 Å². The van der Waals surface area contributed by atoms with Crippen LogP contribution in [0.1, 0.15) is 31.9 Å². The Kier molecular flexibility index (Phi) is 4.31. The van der Waals surface area contributed by atoms with Crippen LogP contribution in [0.4, 0.5) is 0 Å². The van der Waals surface area contributed by atoms with Gasteiger partial charge in [-0.05, 0) is 28.7 Å². The molecule has 2 N–H and O–H groups in total. The molecule has 1 heterocycles. The molecule has 0 amide bonds. The lowest BCUT2D eigenvalue weighted by Gasteiger charge is -2.18. The van der Waals surface area contributed by atoms with Crippen molar-refractivity contribution in [2.24, 2.45) is 5.73 Å². The monoisotopic (exact) mass is 290 g/mol. The van der Waals surface area contributed by atoms with Crippen molar-refractivity contribution in [3.8, 4) is 11.6 Å². The number of aromatic nitrogens is 1. The lowest BCUT2D eigenvalue weighted by molar-refractivity contribution is 0.461. The Morgan fingerprint density at radius 1 is 1.20 bits per heavy atom. The minimum atomic E-state index is 0.0753. The first-order valence-electron chi connectivity index (χ1n) is 6.53. The molecule has 0 fully saturated rings. The van der Waals surface area contributed by atoms with E-state index in [1.165, 1.54) is 0 Å². The van der Waals surface area contributed by atoms with Crippen molar-refractivity contribution >= 4 is 11.6 Å². The van der Waals surface area contributed by atoms with Crippen LogP contribution in [0.3, 0.4) is 0 Å². The molecule has 0 saturated carbocycles. The van der Waals surface area contributed by atoms with E-state index in [1.54, 1.807) is 6.07 Å². The summed E-state index contributed by atoms with van der Waals surface area (Å²) in [5.41, 5.74) is 7.77. The number of hydrogen-bond donors (Lipinski definition) is 1. The van der Waals surface area contributed by atoms with Gasteiger partial charge in [-0.25, -0.2) is 4.98 Å². The van der Waals surface area contributed by atoms with Crippen molar-refractivity contribution < 1.29 is 4.74 Å². The summed E-state index contributed by atoms with van der Waals surface area (Å²) in [7, 11) is 0. The molecule has 1 aromatic carbocycles. The Labute approximate surface area is 124 Å². The fourth-order valence-electron chi connectivity index (χ4n) is 1.75. The van der Waals surface area contributed by atoms with Gasteiger partial charge in [-0.2, -0.15) is 0 Å². The zero-order valence-corrected chi connectivity index (χ0v) is 12.7. The maximum Gasteiger partial charge on any atom is 0.219 e. The Morgan fingerprint density at radius 3 is 2.45 bits per heavy atom. The Morgan fingerprint density at radius 2 is 1.95 bits per heavy atom. The van der Waals surface area contributed by atoms with Crippen molar-refractivity contribution in [2.45, 2.75) is 32.7 Å². The number of pyridine rings is 1. The van der Waals surface area contributed by atoms with E-state index in [4.69, 9.17) is 22.1 Å². The van der Waals surface area contributed by atoms with Gasteiger partial charge in [-0.1, -0.05) is 44.5 Å². The highest BCUT2D eigenvalue weighted by molar-refractivity contribution is 6.32. The lowest BCUT2D eigenvalue weighted by atomic mass is 9.88. The fraction of sp³-hybridized carbons (Fsp3) is 0.312. The predicted molar refractivity (Wildman–Crippen MR) is 82.4 cm³/mol. The van der Waals surface area contributed by atoms with Crippen molar-refractivity contribution in [3.63, 3.8) is 0 Å². The van der Waals surface area contributed by atoms with Crippen LogP contribution in [-0.2, 0) is 12.0 Å². The SMILES string of the molecule is CC(C)(C)c1ccc(Oc2ccc(CN)cc2Cl)nc1. The normalized spacial score (nSPS) is 11.4. The summed E-state index contributed by atoms with van der Waals surface area (Å²) in [6.07, 6.45) is 1.83. The van der Waals surface area contributed by atoms with Crippen LogP contribution in [0.5, 0.6) is 11.6 Å². The van der Waals surface area contributed by atoms with E-state index in [0.717, 1.165) is 11.1 Å². The van der Waals surface area contributed by atoms with E-state index >= 15 is 0 Å². The molecule has 20 heavy (non-hydrogen) atoms. The fourth-order valence-corrected chi connectivity index (χ4v) is 1.99. The largest absolute Gasteiger partial charge is 0.437 e. The Balaban J connectivity index is 2.18. The van der Waals surface area contributed by atoms with Crippen molar-refractivity contribution in [1.29, 1.82) is 0 Å². The van der Waals surface area contributed by atoms with Gasteiger partial charge in [0, 0.05) is 18.8 Å². The van der Waals surface area contributed by atoms with Gasteiger partial charge in [0.15, 0.2) is 0 Å². The molecular weight excluding hydrogens is 272 g/mol. The summed E-state index contributed by atoms with van der Waals surface area (Å²) in [4.78, 5) is 4.32. The van der Waals surface area contributed by atoms with Crippen LogP contribution in [0, 0.1) is 0 Å². The molecule has 0 saturated heterocycles. The highest BCUT2D eigenvalue weighted by Crippen LogP contribution is 2.30. The van der Waals surface area contributed by atoms with Crippen LogP contribution in [0.15, 0.2) is 36.5 Å². The number of ether oxygens (including phenoxy) is 1. The van der Waals surface area contributed by atoms with E-state index in [1.807, 2.05) is 30.5 Å². The van der Waals surface area contributed by atoms with E-state index in [2.05, 4.69) is 25.8 Å². The first-order valence-corrected chi connectivity index (χ1v) is 6.91. The molecule has 0 aliphatic carbocycles. The van der Waals surface area contributed by atoms with Gasteiger partial charge in [0.2, 0.25) is 5.88 Å². The van der Waals surface area contributed by atoms with Gasteiger partial charge in [-0.3, -0.25) is 0 Å². The first kappa shape index (κ1) is 14.8. The molecule has 0 unspecified atom stereocenters. The molecule has 2 aromatic rings. The molecule has 0 atom stereocenters. The standard InChI is InChI=1S/C16H19ClN2O/c1-16(2,3)12-5-7-15(19-10-12)20-14-6-4-11(9-18)8-13(14)17/h4-8,10H,9,18H2,1-3H3. The molecule has 3 nitrogen and oxygen atoms in total. The number of benzene rings is 1. The minimum absolute atomic E-state index is 0.0753. The molecule has 0 spiro atoms. The van der Waals surface area contributed by atoms with E-state index < -0.39 is 0 Å². The van der Waals surface area contributed by atoms with Crippen molar-refractivity contribution in [3.05, 3.63) is 52.7 Å². The molecule has 0 aliphatic heterocycles. The Hall–Kier alpha value is -1.58. The molecule has 0 aliphatic rings. The average molecular weight is 291 g/mol.